The first-order chi connectivity index (χ1) is 14.0. The summed E-state index contributed by atoms with van der Waals surface area (Å²) < 4.78 is 13.0. The fraction of sp³-hybridized carbons (Fsp3) is 0.200. The van der Waals surface area contributed by atoms with E-state index in [2.05, 4.69) is 15.5 Å². The number of aromatic amines is 1. The van der Waals surface area contributed by atoms with Crippen molar-refractivity contribution in [3.8, 4) is 0 Å². The number of halogens is 1. The zero-order valence-electron chi connectivity index (χ0n) is 15.4. The Morgan fingerprint density at radius 2 is 1.55 bits per heavy atom. The van der Waals surface area contributed by atoms with E-state index in [0.717, 1.165) is 0 Å². The average Bonchev–Trinajstić information content (AvgIpc) is 2.75. The van der Waals surface area contributed by atoms with E-state index >= 15 is 0 Å². The number of rotatable bonds is 2. The minimum atomic E-state index is -0.376. The van der Waals surface area contributed by atoms with Crippen molar-refractivity contribution in [2.24, 2.45) is 0 Å². The number of hydrogen-bond acceptors (Lipinski definition) is 4. The van der Waals surface area contributed by atoms with E-state index in [1.165, 1.54) is 24.3 Å². The van der Waals surface area contributed by atoms with Crippen LogP contribution in [0.4, 0.5) is 14.9 Å². The summed E-state index contributed by atoms with van der Waals surface area (Å²) >= 11 is 0. The summed E-state index contributed by atoms with van der Waals surface area (Å²) in [5, 5.41) is 9.93. The van der Waals surface area contributed by atoms with Crippen LogP contribution in [0, 0.1) is 5.82 Å². The number of anilines is 1. The number of carbonyl (C=O) groups is 2. The van der Waals surface area contributed by atoms with E-state index in [1.807, 2.05) is 0 Å². The number of H-pyrrole nitrogens is 1. The maximum absolute atomic E-state index is 13.0. The summed E-state index contributed by atoms with van der Waals surface area (Å²) in [6.45, 7) is 1.37. The van der Waals surface area contributed by atoms with Gasteiger partial charge in [0, 0.05) is 37.3 Å². The van der Waals surface area contributed by atoms with E-state index in [0.29, 0.717) is 42.6 Å². The first kappa shape index (κ1) is 18.6. The van der Waals surface area contributed by atoms with Gasteiger partial charge in [-0.3, -0.25) is 9.59 Å². The van der Waals surface area contributed by atoms with Crippen LogP contribution in [-0.2, 0) is 0 Å². The molecule has 1 saturated heterocycles. The third-order valence-corrected chi connectivity index (χ3v) is 4.85. The van der Waals surface area contributed by atoms with E-state index in [4.69, 9.17) is 0 Å². The highest BCUT2D eigenvalue weighted by atomic mass is 19.1. The lowest BCUT2D eigenvalue weighted by Gasteiger charge is -2.34. The molecule has 9 heteroatoms. The Morgan fingerprint density at radius 3 is 2.24 bits per heavy atom. The maximum atomic E-state index is 13.0. The molecular weight excluding hydrogens is 377 g/mol. The number of benzene rings is 2. The molecule has 2 N–H and O–H groups in total. The van der Waals surface area contributed by atoms with Gasteiger partial charge in [0.2, 0.25) is 0 Å². The predicted octanol–water partition coefficient (Wildman–Crippen LogP) is 2.05. The van der Waals surface area contributed by atoms with Crippen molar-refractivity contribution in [3.63, 3.8) is 0 Å². The van der Waals surface area contributed by atoms with Crippen molar-refractivity contribution in [3.05, 3.63) is 70.4 Å². The number of piperazine rings is 1. The second-order valence-corrected chi connectivity index (χ2v) is 6.66. The van der Waals surface area contributed by atoms with Crippen molar-refractivity contribution in [2.75, 3.05) is 31.5 Å². The summed E-state index contributed by atoms with van der Waals surface area (Å²) in [7, 11) is 0. The van der Waals surface area contributed by atoms with Crippen LogP contribution in [0.1, 0.15) is 10.5 Å². The molecule has 8 nitrogen and oxygen atoms in total. The molecule has 148 valence electrons. The number of nitrogens with one attached hydrogen (secondary N) is 2. The van der Waals surface area contributed by atoms with Gasteiger partial charge in [0.05, 0.1) is 5.39 Å². The molecule has 4 rings (SSSR count). The zero-order chi connectivity index (χ0) is 20.4. The molecule has 3 aromatic rings. The number of urea groups is 1. The molecule has 0 saturated carbocycles. The van der Waals surface area contributed by atoms with Crippen LogP contribution in [0.3, 0.4) is 0 Å². The molecule has 1 aliphatic rings. The molecule has 2 heterocycles. The van der Waals surface area contributed by atoms with Crippen molar-refractivity contribution >= 4 is 28.4 Å². The van der Waals surface area contributed by atoms with Gasteiger partial charge in [-0.15, -0.1) is 0 Å². The Morgan fingerprint density at radius 1 is 0.931 bits per heavy atom. The van der Waals surface area contributed by atoms with Crippen molar-refractivity contribution in [1.29, 1.82) is 0 Å². The second-order valence-electron chi connectivity index (χ2n) is 6.66. The van der Waals surface area contributed by atoms with Crippen LogP contribution in [0.2, 0.25) is 0 Å². The Hall–Kier alpha value is -3.75. The molecule has 1 aromatic heterocycles. The van der Waals surface area contributed by atoms with Crippen LogP contribution < -0.4 is 10.9 Å². The quantitative estimate of drug-likeness (QED) is 0.694. The fourth-order valence-corrected chi connectivity index (χ4v) is 3.28. The predicted molar refractivity (Wildman–Crippen MR) is 105 cm³/mol. The van der Waals surface area contributed by atoms with Crippen molar-refractivity contribution < 1.29 is 14.0 Å². The molecule has 0 unspecified atom stereocenters. The van der Waals surface area contributed by atoms with Crippen LogP contribution >= 0.6 is 0 Å². The Balaban J connectivity index is 1.43. The van der Waals surface area contributed by atoms with E-state index in [1.54, 1.807) is 34.1 Å². The third-order valence-electron chi connectivity index (χ3n) is 4.85. The normalized spacial score (nSPS) is 14.1. The highest BCUT2D eigenvalue weighted by Crippen LogP contribution is 2.16. The highest BCUT2D eigenvalue weighted by molar-refractivity contribution is 6.04. The SMILES string of the molecule is O=C(Nc1ccc(F)cc1)N1CCN(C(=O)c2n[nH]c(=O)c3ccccc23)CC1. The lowest BCUT2D eigenvalue weighted by atomic mass is 10.1. The molecule has 0 bridgehead atoms. The van der Waals surface area contributed by atoms with E-state index in [-0.39, 0.29) is 29.0 Å². The van der Waals surface area contributed by atoms with E-state index in [9.17, 15) is 18.8 Å². The lowest BCUT2D eigenvalue weighted by molar-refractivity contribution is 0.0667. The van der Waals surface area contributed by atoms with Crippen molar-refractivity contribution in [2.45, 2.75) is 0 Å². The average molecular weight is 395 g/mol. The Labute approximate surface area is 164 Å². The number of amides is 3. The number of nitrogens with zero attached hydrogens (tertiary/aromatic N) is 3. The zero-order valence-corrected chi connectivity index (χ0v) is 15.4. The summed E-state index contributed by atoms with van der Waals surface area (Å²) in [4.78, 5) is 40.4. The number of aromatic nitrogens is 2. The number of fused-ring (bicyclic) bond motifs is 1. The maximum Gasteiger partial charge on any atom is 0.321 e. The Bertz CT molecular complexity index is 1120. The number of hydrogen-bond donors (Lipinski definition) is 2. The molecule has 1 aliphatic heterocycles. The van der Waals surface area contributed by atoms with Crippen molar-refractivity contribution in [1.82, 2.24) is 20.0 Å². The largest absolute Gasteiger partial charge is 0.334 e. The van der Waals surface area contributed by atoms with Gasteiger partial charge in [0.1, 0.15) is 5.82 Å². The van der Waals surface area contributed by atoms with Gasteiger partial charge >= 0.3 is 6.03 Å². The van der Waals surface area contributed by atoms with Gasteiger partial charge in [-0.1, -0.05) is 18.2 Å². The second kappa shape index (κ2) is 7.70. The summed E-state index contributed by atoms with van der Waals surface area (Å²) in [6.07, 6.45) is 0. The van der Waals surface area contributed by atoms with Gasteiger partial charge in [0.15, 0.2) is 5.69 Å². The monoisotopic (exact) mass is 395 g/mol. The van der Waals surface area contributed by atoms with Crippen LogP contribution in [-0.4, -0.2) is 58.1 Å². The van der Waals surface area contributed by atoms with Crippen LogP contribution in [0.25, 0.3) is 10.8 Å². The Kier molecular flexibility index (Phi) is 4.94. The fourth-order valence-electron chi connectivity index (χ4n) is 3.28. The van der Waals surface area contributed by atoms with Gasteiger partial charge in [-0.2, -0.15) is 5.10 Å². The summed E-state index contributed by atoms with van der Waals surface area (Å²) in [5.41, 5.74) is 0.336. The first-order valence-electron chi connectivity index (χ1n) is 9.11. The standard InChI is InChI=1S/C20H18FN5O3/c21-13-5-7-14(8-6-13)22-20(29)26-11-9-25(10-12-26)19(28)17-15-3-1-2-4-16(15)18(27)24-23-17/h1-8H,9-12H2,(H,22,29)(H,24,27). The minimum absolute atomic E-state index is 0.185. The molecule has 0 aliphatic carbocycles. The molecule has 3 amide bonds. The van der Waals surface area contributed by atoms with E-state index < -0.39 is 0 Å². The molecule has 0 atom stereocenters. The molecular formula is C20H18FN5O3. The molecule has 0 spiro atoms. The van der Waals surface area contributed by atoms with Crippen LogP contribution in [0.15, 0.2) is 53.3 Å². The molecule has 29 heavy (non-hydrogen) atoms. The van der Waals surface area contributed by atoms with Gasteiger partial charge in [0.25, 0.3) is 11.5 Å². The topological polar surface area (TPSA) is 98.4 Å². The van der Waals surface area contributed by atoms with Gasteiger partial charge in [-0.05, 0) is 30.3 Å². The highest BCUT2D eigenvalue weighted by Gasteiger charge is 2.27. The number of carbonyl (C=O) groups excluding carboxylic acids is 2. The molecule has 2 aromatic carbocycles. The molecule has 0 radical (unpaired) electrons. The summed E-state index contributed by atoms with van der Waals surface area (Å²) in [5.74, 6) is -0.672. The van der Waals surface area contributed by atoms with Gasteiger partial charge < -0.3 is 15.1 Å². The smallest absolute Gasteiger partial charge is 0.321 e. The van der Waals surface area contributed by atoms with Crippen LogP contribution in [0.5, 0.6) is 0 Å². The first-order valence-corrected chi connectivity index (χ1v) is 9.11. The minimum Gasteiger partial charge on any atom is -0.334 e. The summed E-state index contributed by atoms with van der Waals surface area (Å²) in [6, 6.07) is 12.0. The third kappa shape index (κ3) is 3.79. The lowest BCUT2D eigenvalue weighted by Crippen LogP contribution is -2.51. The van der Waals surface area contributed by atoms with Gasteiger partial charge in [-0.25, -0.2) is 14.3 Å². The molecule has 1 fully saturated rings.